The van der Waals surface area contributed by atoms with Gasteiger partial charge in [0.1, 0.15) is 0 Å². The monoisotopic (exact) mass is 256 g/mol. The Morgan fingerprint density at radius 3 is 2.94 bits per heavy atom. The van der Waals surface area contributed by atoms with Crippen LogP contribution in [0.25, 0.3) is 0 Å². The summed E-state index contributed by atoms with van der Waals surface area (Å²) in [6.45, 7) is 5.66. The van der Waals surface area contributed by atoms with E-state index < -0.39 is 0 Å². The molecule has 1 aliphatic rings. The van der Waals surface area contributed by atoms with Gasteiger partial charge in [-0.05, 0) is 46.0 Å². The molecular formula is C14H24O4. The lowest BCUT2D eigenvalue weighted by molar-refractivity contribution is -0.162. The van der Waals surface area contributed by atoms with Gasteiger partial charge in [0.25, 0.3) is 0 Å². The van der Waals surface area contributed by atoms with Gasteiger partial charge in [-0.3, -0.25) is 0 Å². The highest BCUT2D eigenvalue weighted by Crippen LogP contribution is 2.14. The molecule has 0 N–H and O–H groups in total. The normalized spacial score (nSPS) is 20.8. The standard InChI is InChI=1S/C14H24O4/c1-3-16-13(15)11-12(2)7-6-10-18-14-8-4-5-9-17-14/h11,14H,3-10H2,1-2H3/b12-11+. The minimum absolute atomic E-state index is 0.0203. The predicted octanol–water partition coefficient (Wildman–Crippen LogP) is 2.82. The third-order valence-corrected chi connectivity index (χ3v) is 2.81. The lowest BCUT2D eigenvalue weighted by Gasteiger charge is -2.22. The highest BCUT2D eigenvalue weighted by atomic mass is 16.7. The van der Waals surface area contributed by atoms with Crippen molar-refractivity contribution in [3.8, 4) is 0 Å². The van der Waals surface area contributed by atoms with Gasteiger partial charge in [-0.2, -0.15) is 0 Å². The van der Waals surface area contributed by atoms with Crippen molar-refractivity contribution in [3.63, 3.8) is 0 Å². The van der Waals surface area contributed by atoms with Gasteiger partial charge in [0.15, 0.2) is 6.29 Å². The highest BCUT2D eigenvalue weighted by Gasteiger charge is 2.13. The molecule has 0 bridgehead atoms. The van der Waals surface area contributed by atoms with Gasteiger partial charge in [-0.25, -0.2) is 4.79 Å². The van der Waals surface area contributed by atoms with E-state index in [9.17, 15) is 4.79 Å². The molecule has 104 valence electrons. The Bertz CT molecular complexity index is 267. The van der Waals surface area contributed by atoms with Gasteiger partial charge in [-0.15, -0.1) is 0 Å². The van der Waals surface area contributed by atoms with Crippen LogP contribution < -0.4 is 0 Å². The lowest BCUT2D eigenvalue weighted by atomic mass is 10.1. The average Bonchev–Trinajstić information content (AvgIpc) is 2.36. The maximum Gasteiger partial charge on any atom is 0.330 e. The number of hydrogen-bond donors (Lipinski definition) is 0. The van der Waals surface area contributed by atoms with Crippen LogP contribution in [0, 0.1) is 0 Å². The Kier molecular flexibility index (Phi) is 7.69. The Morgan fingerprint density at radius 1 is 1.44 bits per heavy atom. The van der Waals surface area contributed by atoms with Crippen molar-refractivity contribution in [1.29, 1.82) is 0 Å². The van der Waals surface area contributed by atoms with E-state index >= 15 is 0 Å². The largest absolute Gasteiger partial charge is 0.463 e. The predicted molar refractivity (Wildman–Crippen MR) is 69.2 cm³/mol. The Balaban J connectivity index is 2.07. The molecular weight excluding hydrogens is 232 g/mol. The van der Waals surface area contributed by atoms with E-state index in [1.807, 2.05) is 6.92 Å². The molecule has 0 saturated carbocycles. The molecule has 1 fully saturated rings. The first-order valence-corrected chi connectivity index (χ1v) is 6.79. The van der Waals surface area contributed by atoms with Crippen molar-refractivity contribution in [2.24, 2.45) is 0 Å². The molecule has 1 heterocycles. The number of carbonyl (C=O) groups is 1. The summed E-state index contributed by atoms with van der Waals surface area (Å²) >= 11 is 0. The van der Waals surface area contributed by atoms with Crippen LogP contribution in [0.3, 0.4) is 0 Å². The molecule has 1 atom stereocenters. The Morgan fingerprint density at radius 2 is 2.28 bits per heavy atom. The molecule has 1 aliphatic heterocycles. The number of carbonyl (C=O) groups excluding carboxylic acids is 1. The van der Waals surface area contributed by atoms with E-state index in [0.29, 0.717) is 13.2 Å². The van der Waals surface area contributed by atoms with E-state index in [1.165, 1.54) is 6.42 Å². The molecule has 0 aromatic carbocycles. The third-order valence-electron chi connectivity index (χ3n) is 2.81. The van der Waals surface area contributed by atoms with Gasteiger partial charge in [-0.1, -0.05) is 5.57 Å². The topological polar surface area (TPSA) is 44.8 Å². The zero-order valence-corrected chi connectivity index (χ0v) is 11.4. The van der Waals surface area contributed by atoms with Gasteiger partial charge in [0.05, 0.1) is 13.2 Å². The summed E-state index contributed by atoms with van der Waals surface area (Å²) in [4.78, 5) is 11.2. The summed E-state index contributed by atoms with van der Waals surface area (Å²) < 4.78 is 15.9. The molecule has 4 heteroatoms. The van der Waals surface area contributed by atoms with Crippen LogP contribution in [0.2, 0.25) is 0 Å². The van der Waals surface area contributed by atoms with Crippen LogP contribution in [0.1, 0.15) is 46.0 Å². The first-order chi connectivity index (χ1) is 8.72. The first kappa shape index (κ1) is 15.2. The highest BCUT2D eigenvalue weighted by molar-refractivity contribution is 5.82. The molecule has 0 radical (unpaired) electrons. The van der Waals surface area contributed by atoms with Gasteiger partial charge in [0, 0.05) is 12.7 Å². The van der Waals surface area contributed by atoms with Crippen molar-refractivity contribution in [2.45, 2.75) is 52.2 Å². The van der Waals surface area contributed by atoms with Crippen molar-refractivity contribution >= 4 is 5.97 Å². The van der Waals surface area contributed by atoms with Gasteiger partial charge in [0.2, 0.25) is 0 Å². The Hall–Kier alpha value is -0.870. The third kappa shape index (κ3) is 6.77. The minimum atomic E-state index is -0.258. The quantitative estimate of drug-likeness (QED) is 0.399. The maximum absolute atomic E-state index is 11.2. The van der Waals surface area contributed by atoms with Gasteiger partial charge >= 0.3 is 5.97 Å². The minimum Gasteiger partial charge on any atom is -0.463 e. The fourth-order valence-corrected chi connectivity index (χ4v) is 1.87. The zero-order chi connectivity index (χ0) is 13.2. The summed E-state index contributed by atoms with van der Waals surface area (Å²) in [6, 6.07) is 0. The van der Waals surface area contributed by atoms with Gasteiger partial charge < -0.3 is 14.2 Å². The number of ether oxygens (including phenoxy) is 3. The second kappa shape index (κ2) is 9.11. The summed E-state index contributed by atoms with van der Waals surface area (Å²) in [5.41, 5.74) is 1.03. The fourth-order valence-electron chi connectivity index (χ4n) is 1.87. The lowest BCUT2D eigenvalue weighted by Crippen LogP contribution is -2.22. The summed E-state index contributed by atoms with van der Waals surface area (Å²) in [5.74, 6) is -0.258. The number of hydrogen-bond acceptors (Lipinski definition) is 4. The van der Waals surface area contributed by atoms with E-state index in [1.54, 1.807) is 13.0 Å². The molecule has 0 amide bonds. The SMILES string of the molecule is CCOC(=O)/C=C(\C)CCCOC1CCCCO1. The zero-order valence-electron chi connectivity index (χ0n) is 11.4. The number of rotatable bonds is 7. The maximum atomic E-state index is 11.2. The number of esters is 1. The van der Waals surface area contributed by atoms with E-state index in [-0.39, 0.29) is 12.3 Å². The molecule has 1 unspecified atom stereocenters. The second-order valence-corrected chi connectivity index (χ2v) is 4.51. The smallest absolute Gasteiger partial charge is 0.330 e. The summed E-state index contributed by atoms with van der Waals surface area (Å²) in [7, 11) is 0. The van der Waals surface area contributed by atoms with Crippen molar-refractivity contribution in [1.82, 2.24) is 0 Å². The molecule has 1 saturated heterocycles. The Labute approximate surface area is 109 Å². The molecule has 0 spiro atoms. The van der Waals surface area contributed by atoms with E-state index in [2.05, 4.69) is 0 Å². The van der Waals surface area contributed by atoms with Crippen molar-refractivity contribution < 1.29 is 19.0 Å². The second-order valence-electron chi connectivity index (χ2n) is 4.51. The van der Waals surface area contributed by atoms with Crippen LogP contribution in [0.5, 0.6) is 0 Å². The van der Waals surface area contributed by atoms with Crippen LogP contribution in [-0.2, 0) is 19.0 Å². The summed E-state index contributed by atoms with van der Waals surface area (Å²) in [6.07, 6.45) is 6.62. The molecule has 4 nitrogen and oxygen atoms in total. The molecule has 18 heavy (non-hydrogen) atoms. The molecule has 1 rings (SSSR count). The fraction of sp³-hybridized carbons (Fsp3) is 0.786. The van der Waals surface area contributed by atoms with E-state index in [0.717, 1.165) is 37.9 Å². The van der Waals surface area contributed by atoms with Crippen molar-refractivity contribution in [3.05, 3.63) is 11.6 Å². The molecule has 0 aromatic heterocycles. The van der Waals surface area contributed by atoms with Crippen LogP contribution in [-0.4, -0.2) is 32.1 Å². The molecule has 0 aliphatic carbocycles. The summed E-state index contributed by atoms with van der Waals surface area (Å²) in [5, 5.41) is 0. The van der Waals surface area contributed by atoms with Crippen LogP contribution in [0.15, 0.2) is 11.6 Å². The van der Waals surface area contributed by atoms with Crippen molar-refractivity contribution in [2.75, 3.05) is 19.8 Å². The van der Waals surface area contributed by atoms with E-state index in [4.69, 9.17) is 14.2 Å². The van der Waals surface area contributed by atoms with Crippen LogP contribution in [0.4, 0.5) is 0 Å². The van der Waals surface area contributed by atoms with Crippen LogP contribution >= 0.6 is 0 Å². The average molecular weight is 256 g/mol. The molecule has 0 aromatic rings. The first-order valence-electron chi connectivity index (χ1n) is 6.79. The number of allylic oxidation sites excluding steroid dienone is 1.